The Labute approximate surface area is 192 Å². The van der Waals surface area contributed by atoms with Gasteiger partial charge in [-0.2, -0.15) is 18.2 Å². The molecule has 0 bridgehead atoms. The average molecular weight is 437 g/mol. The molecule has 1 aromatic rings. The summed E-state index contributed by atoms with van der Waals surface area (Å²) in [5.41, 5.74) is 2.22. The van der Waals surface area contributed by atoms with Crippen molar-refractivity contribution in [3.05, 3.63) is 50.3 Å². The molecular formula is C25H44NPTi. The van der Waals surface area contributed by atoms with Gasteiger partial charge in [0, 0.05) is 0 Å². The predicted molar refractivity (Wildman–Crippen MR) is 126 cm³/mol. The van der Waals surface area contributed by atoms with Crippen LogP contribution in [0.15, 0.2) is 30.3 Å². The summed E-state index contributed by atoms with van der Waals surface area (Å²) in [6.45, 7) is 0. The zero-order valence-electron chi connectivity index (χ0n) is 18.6. The minimum atomic E-state index is -1.70. The second kappa shape index (κ2) is 15.1. The first-order valence-electron chi connectivity index (χ1n) is 11.1. The Bertz CT molecular complexity index is 425. The molecular weight excluding hydrogens is 393 g/mol. The maximum Gasteiger partial charge on any atom is 4.00 e. The smallest absolute Gasteiger partial charge is 0.807 e. The first-order valence-corrected chi connectivity index (χ1v) is 13.0. The molecule has 28 heavy (non-hydrogen) atoms. The maximum atomic E-state index is 12.0. The van der Waals surface area contributed by atoms with Crippen LogP contribution in [-0.4, -0.2) is 17.0 Å². The molecule has 3 fully saturated rings. The van der Waals surface area contributed by atoms with E-state index < -0.39 is 7.05 Å². The van der Waals surface area contributed by atoms with E-state index in [0.29, 0.717) is 0 Å². The molecule has 0 spiro atoms. The van der Waals surface area contributed by atoms with Gasteiger partial charge in [0.25, 0.3) is 0 Å². The topological polar surface area (TPSA) is 22.3 Å². The molecule has 0 saturated heterocycles. The van der Waals surface area contributed by atoms with Crippen LogP contribution in [-0.2, 0) is 21.7 Å². The first-order chi connectivity index (χ1) is 12.3. The van der Waals surface area contributed by atoms with E-state index >= 15 is 0 Å². The molecule has 158 valence electrons. The molecule has 4 rings (SSSR count). The van der Waals surface area contributed by atoms with Gasteiger partial charge in [-0.15, -0.1) is 0 Å². The van der Waals surface area contributed by atoms with Crippen LogP contribution in [0.1, 0.15) is 96.3 Å². The molecule has 0 aliphatic heterocycles. The van der Waals surface area contributed by atoms with Crippen molar-refractivity contribution in [2.24, 2.45) is 0 Å². The predicted octanol–water partition coefficient (Wildman–Crippen LogP) is 9.06. The van der Waals surface area contributed by atoms with Crippen molar-refractivity contribution in [1.29, 1.82) is 0 Å². The van der Waals surface area contributed by atoms with E-state index in [1.807, 2.05) is 30.3 Å². The fourth-order valence-corrected chi connectivity index (χ4v) is 11.1. The third-order valence-electron chi connectivity index (χ3n) is 7.03. The first kappa shape index (κ1) is 28.3. The van der Waals surface area contributed by atoms with Gasteiger partial charge in [0.05, 0.1) is 0 Å². The van der Waals surface area contributed by atoms with Gasteiger partial charge < -0.3 is 20.0 Å². The van der Waals surface area contributed by atoms with E-state index in [1.54, 1.807) is 0 Å². The van der Waals surface area contributed by atoms with Gasteiger partial charge >= 0.3 is 21.7 Å². The summed E-state index contributed by atoms with van der Waals surface area (Å²) in [4.78, 5) is 0. The zero-order chi connectivity index (χ0) is 17.4. The normalized spacial score (nSPS) is 21.9. The second-order valence-corrected chi connectivity index (χ2v) is 12.4. The van der Waals surface area contributed by atoms with Crippen LogP contribution in [0.2, 0.25) is 0 Å². The summed E-state index contributed by atoms with van der Waals surface area (Å²) in [7, 11) is -1.70. The fraction of sp³-hybridized carbons (Fsp3) is 0.720. The second-order valence-electron chi connectivity index (χ2n) is 8.63. The standard InChI is InChI=1S/C18H33NP.C5H5.2CH3.Ti/c19-20(16-10-4-1-5-11-16,17-12-6-2-7-13-17)18-14-8-3-9-15-18;1-2-4-5-3-1;;;/h16-18H,1-15H2;1-5H;2*1H3;/q4*-1;+4. The van der Waals surface area contributed by atoms with Crippen molar-refractivity contribution in [1.82, 2.24) is 0 Å². The molecule has 0 atom stereocenters. The Morgan fingerprint density at radius 3 is 1.07 bits per heavy atom. The summed E-state index contributed by atoms with van der Waals surface area (Å²) in [5.74, 6) is 0. The Morgan fingerprint density at radius 1 is 0.571 bits per heavy atom. The summed E-state index contributed by atoms with van der Waals surface area (Å²) >= 11 is 0. The molecule has 0 aromatic heterocycles. The molecule has 3 aliphatic carbocycles. The van der Waals surface area contributed by atoms with Crippen molar-refractivity contribution in [3.63, 3.8) is 0 Å². The molecule has 0 N–H and O–H groups in total. The Kier molecular flexibility index (Phi) is 15.3. The van der Waals surface area contributed by atoms with Crippen LogP contribution in [0.5, 0.6) is 0 Å². The Balaban J connectivity index is 0.000000801. The van der Waals surface area contributed by atoms with Crippen molar-refractivity contribution >= 4 is 7.05 Å². The van der Waals surface area contributed by atoms with Crippen molar-refractivity contribution in [2.75, 3.05) is 0 Å². The maximum absolute atomic E-state index is 12.0. The van der Waals surface area contributed by atoms with Crippen LogP contribution in [0.25, 0.3) is 5.16 Å². The Morgan fingerprint density at radius 2 is 0.857 bits per heavy atom. The summed E-state index contributed by atoms with van der Waals surface area (Å²) in [6, 6.07) is 10.0. The molecule has 3 aliphatic rings. The molecule has 0 radical (unpaired) electrons. The third-order valence-corrected chi connectivity index (χ3v) is 12.1. The van der Waals surface area contributed by atoms with E-state index in [4.69, 9.17) is 0 Å². The van der Waals surface area contributed by atoms with Gasteiger partial charge in [0.2, 0.25) is 0 Å². The van der Waals surface area contributed by atoms with Gasteiger partial charge in [0.15, 0.2) is 0 Å². The average Bonchev–Trinajstić information content (AvgIpc) is 3.30. The van der Waals surface area contributed by atoms with Crippen molar-refractivity contribution in [2.45, 2.75) is 113 Å². The minimum Gasteiger partial charge on any atom is -0.807 e. The molecule has 3 heteroatoms. The van der Waals surface area contributed by atoms with Gasteiger partial charge in [-0.25, -0.2) is 19.2 Å². The van der Waals surface area contributed by atoms with Crippen molar-refractivity contribution in [3.8, 4) is 0 Å². The third kappa shape index (κ3) is 7.52. The van der Waals surface area contributed by atoms with E-state index in [1.165, 1.54) is 96.3 Å². The van der Waals surface area contributed by atoms with Gasteiger partial charge in [-0.1, -0.05) is 57.8 Å². The largest absolute Gasteiger partial charge is 4.00 e. The van der Waals surface area contributed by atoms with E-state index in [2.05, 4.69) is 0 Å². The van der Waals surface area contributed by atoms with Crippen LogP contribution in [0.3, 0.4) is 0 Å². The number of rotatable bonds is 3. The van der Waals surface area contributed by atoms with Gasteiger partial charge in [-0.3, -0.25) is 0 Å². The van der Waals surface area contributed by atoms with Gasteiger partial charge in [0.1, 0.15) is 0 Å². The van der Waals surface area contributed by atoms with Crippen LogP contribution in [0, 0.1) is 14.9 Å². The molecule has 1 aromatic carbocycles. The van der Waals surface area contributed by atoms with Gasteiger partial charge in [-0.05, 0) is 55.5 Å². The number of hydrogen-bond acceptors (Lipinski definition) is 0. The molecule has 0 heterocycles. The summed E-state index contributed by atoms with van der Waals surface area (Å²) < 4.78 is 0. The van der Waals surface area contributed by atoms with E-state index in [0.717, 1.165) is 17.0 Å². The van der Waals surface area contributed by atoms with Crippen molar-refractivity contribution < 1.29 is 21.7 Å². The summed E-state index contributed by atoms with van der Waals surface area (Å²) in [5, 5.41) is 12.0. The van der Waals surface area contributed by atoms with E-state index in [-0.39, 0.29) is 36.6 Å². The minimum absolute atomic E-state index is 0. The molecule has 0 unspecified atom stereocenters. The van der Waals surface area contributed by atoms with E-state index in [9.17, 15) is 5.16 Å². The SMILES string of the molecule is [CH3-].[CH3-].[N-]=P(C1CCCCC1)(C1CCCCC1)C1CCCCC1.[Ti+4].c1cc[cH-]c1. The monoisotopic (exact) mass is 437 g/mol. The number of nitrogens with zero attached hydrogens (tertiary/aromatic N) is 1. The Hall–Kier alpha value is 0.294. The molecule has 1 nitrogen and oxygen atoms in total. The zero-order valence-corrected chi connectivity index (χ0v) is 21.1. The van der Waals surface area contributed by atoms with Crippen LogP contribution < -0.4 is 0 Å². The van der Waals surface area contributed by atoms with Crippen LogP contribution in [0.4, 0.5) is 0 Å². The van der Waals surface area contributed by atoms with Crippen LogP contribution >= 0.6 is 7.05 Å². The molecule has 3 saturated carbocycles. The molecule has 0 amide bonds. The fourth-order valence-electron chi connectivity index (χ4n) is 5.70. The quantitative estimate of drug-likeness (QED) is 0.256. The number of hydrogen-bond donors (Lipinski definition) is 0. The summed E-state index contributed by atoms with van der Waals surface area (Å²) in [6.07, 6.45) is 20.8.